The lowest BCUT2D eigenvalue weighted by atomic mass is 10.0. The number of carbonyl (C=O) groups excluding carboxylic acids is 1. The predicted molar refractivity (Wildman–Crippen MR) is 93.8 cm³/mol. The Labute approximate surface area is 144 Å². The first-order valence-corrected chi connectivity index (χ1v) is 7.83. The average molecular weight is 330 g/mol. The number of nitrogens with one attached hydrogen (secondary N) is 1. The highest BCUT2D eigenvalue weighted by atomic mass is 16.4. The summed E-state index contributed by atoms with van der Waals surface area (Å²) >= 11 is 0. The molecule has 0 aliphatic heterocycles. The van der Waals surface area contributed by atoms with Gasteiger partial charge in [0.1, 0.15) is 0 Å². The standard InChI is InChI=1S/C20H14N2O3/c23-19(22-14-8-13(20(24)25)10-21-11-14)17-7-3-6-16-15-5-2-1-4-12(15)9-18(16)17/h1-8,10-11H,9H2,(H,22,23)(H,24,25). The van der Waals surface area contributed by atoms with E-state index < -0.39 is 5.97 Å². The molecule has 0 unspecified atom stereocenters. The molecule has 1 aliphatic rings. The van der Waals surface area contributed by atoms with Crippen LogP contribution in [0.5, 0.6) is 0 Å². The smallest absolute Gasteiger partial charge is 0.337 e. The van der Waals surface area contributed by atoms with E-state index in [1.54, 1.807) is 6.07 Å². The van der Waals surface area contributed by atoms with E-state index in [1.807, 2.05) is 24.3 Å². The maximum Gasteiger partial charge on any atom is 0.337 e. The Morgan fingerprint density at radius 1 is 1.00 bits per heavy atom. The summed E-state index contributed by atoms with van der Waals surface area (Å²) in [5.41, 5.74) is 5.40. The predicted octanol–water partition coefficient (Wildman–Crippen LogP) is 3.60. The molecule has 2 aromatic carbocycles. The normalized spacial score (nSPS) is 11.5. The van der Waals surface area contributed by atoms with Crippen LogP contribution >= 0.6 is 0 Å². The van der Waals surface area contributed by atoms with E-state index in [0.717, 1.165) is 16.7 Å². The second-order valence-electron chi connectivity index (χ2n) is 5.89. The number of aromatic nitrogens is 1. The maximum atomic E-state index is 12.7. The fraction of sp³-hybridized carbons (Fsp3) is 0.0500. The summed E-state index contributed by atoms with van der Waals surface area (Å²) in [6, 6.07) is 15.2. The average Bonchev–Trinajstić information content (AvgIpc) is 3.00. The molecule has 0 radical (unpaired) electrons. The highest BCUT2D eigenvalue weighted by molar-refractivity contribution is 6.07. The second-order valence-corrected chi connectivity index (χ2v) is 5.89. The second kappa shape index (κ2) is 5.87. The third-order valence-electron chi connectivity index (χ3n) is 4.34. The molecule has 1 amide bonds. The van der Waals surface area contributed by atoms with E-state index in [4.69, 9.17) is 5.11 Å². The van der Waals surface area contributed by atoms with Crippen LogP contribution in [-0.4, -0.2) is 22.0 Å². The number of anilines is 1. The highest BCUT2D eigenvalue weighted by Gasteiger charge is 2.23. The third kappa shape index (κ3) is 2.65. The van der Waals surface area contributed by atoms with Gasteiger partial charge in [-0.05, 0) is 40.8 Å². The van der Waals surface area contributed by atoms with Crippen LogP contribution in [0.3, 0.4) is 0 Å². The van der Waals surface area contributed by atoms with E-state index >= 15 is 0 Å². The van der Waals surface area contributed by atoms with Gasteiger partial charge in [0.15, 0.2) is 0 Å². The summed E-state index contributed by atoms with van der Waals surface area (Å²) in [7, 11) is 0. The van der Waals surface area contributed by atoms with E-state index in [0.29, 0.717) is 17.7 Å². The molecule has 0 saturated heterocycles. The number of benzene rings is 2. The van der Waals surface area contributed by atoms with Crippen LogP contribution in [0.15, 0.2) is 60.9 Å². The van der Waals surface area contributed by atoms with Crippen molar-refractivity contribution in [3.05, 3.63) is 83.2 Å². The molecule has 1 aliphatic carbocycles. The lowest BCUT2D eigenvalue weighted by Gasteiger charge is -2.10. The van der Waals surface area contributed by atoms with Gasteiger partial charge in [-0.2, -0.15) is 0 Å². The Kier molecular flexibility index (Phi) is 3.54. The summed E-state index contributed by atoms with van der Waals surface area (Å²) < 4.78 is 0. The van der Waals surface area contributed by atoms with Gasteiger partial charge in [-0.3, -0.25) is 9.78 Å². The Hall–Kier alpha value is -3.47. The fourth-order valence-corrected chi connectivity index (χ4v) is 3.19. The summed E-state index contributed by atoms with van der Waals surface area (Å²) in [4.78, 5) is 27.6. The molecule has 25 heavy (non-hydrogen) atoms. The van der Waals surface area contributed by atoms with Gasteiger partial charge in [0, 0.05) is 11.8 Å². The van der Waals surface area contributed by atoms with Crippen molar-refractivity contribution in [2.75, 3.05) is 5.32 Å². The van der Waals surface area contributed by atoms with Gasteiger partial charge >= 0.3 is 5.97 Å². The minimum absolute atomic E-state index is 0.0310. The summed E-state index contributed by atoms with van der Waals surface area (Å²) in [5.74, 6) is -1.35. The molecule has 0 saturated carbocycles. The van der Waals surface area contributed by atoms with Gasteiger partial charge in [0.25, 0.3) is 5.91 Å². The quantitative estimate of drug-likeness (QED) is 0.601. The maximum absolute atomic E-state index is 12.7. The van der Waals surface area contributed by atoms with Crippen molar-refractivity contribution in [3.63, 3.8) is 0 Å². The SMILES string of the molecule is O=C(O)c1cncc(NC(=O)c2cccc3c2Cc2ccccc2-3)c1. The Bertz CT molecular complexity index is 1010. The molecule has 0 spiro atoms. The lowest BCUT2D eigenvalue weighted by Crippen LogP contribution is -2.14. The third-order valence-corrected chi connectivity index (χ3v) is 4.34. The minimum atomic E-state index is -1.08. The zero-order valence-corrected chi connectivity index (χ0v) is 13.2. The van der Waals surface area contributed by atoms with Gasteiger partial charge in [-0.1, -0.05) is 36.4 Å². The molecule has 122 valence electrons. The number of amides is 1. The largest absolute Gasteiger partial charge is 0.478 e. The molecule has 1 heterocycles. The number of carboxylic acids is 1. The van der Waals surface area contributed by atoms with Crippen molar-refractivity contribution in [1.29, 1.82) is 0 Å². The number of nitrogens with zero attached hydrogens (tertiary/aromatic N) is 1. The molecule has 5 nitrogen and oxygen atoms in total. The van der Waals surface area contributed by atoms with Crippen LogP contribution in [-0.2, 0) is 6.42 Å². The van der Waals surface area contributed by atoms with Crippen LogP contribution in [0.25, 0.3) is 11.1 Å². The molecule has 4 rings (SSSR count). The number of hydrogen-bond donors (Lipinski definition) is 2. The van der Waals surface area contributed by atoms with Crippen LogP contribution in [0.4, 0.5) is 5.69 Å². The van der Waals surface area contributed by atoms with Gasteiger partial charge in [0.05, 0.1) is 17.4 Å². The number of rotatable bonds is 3. The molecule has 5 heteroatoms. The summed E-state index contributed by atoms with van der Waals surface area (Å²) in [6.45, 7) is 0. The van der Waals surface area contributed by atoms with Crippen LogP contribution < -0.4 is 5.32 Å². The fourth-order valence-electron chi connectivity index (χ4n) is 3.19. The topological polar surface area (TPSA) is 79.3 Å². The number of hydrogen-bond acceptors (Lipinski definition) is 3. The van der Waals surface area contributed by atoms with Crippen LogP contribution in [0.1, 0.15) is 31.8 Å². The van der Waals surface area contributed by atoms with Crippen molar-refractivity contribution in [3.8, 4) is 11.1 Å². The monoisotopic (exact) mass is 330 g/mol. The Balaban J connectivity index is 1.67. The first kappa shape index (κ1) is 15.1. The molecule has 2 N–H and O–H groups in total. The van der Waals surface area contributed by atoms with Crippen molar-refractivity contribution in [2.45, 2.75) is 6.42 Å². The van der Waals surface area contributed by atoms with E-state index in [-0.39, 0.29) is 11.5 Å². The lowest BCUT2D eigenvalue weighted by molar-refractivity contribution is 0.0696. The van der Waals surface area contributed by atoms with Crippen molar-refractivity contribution >= 4 is 17.6 Å². The van der Waals surface area contributed by atoms with Crippen molar-refractivity contribution < 1.29 is 14.7 Å². The minimum Gasteiger partial charge on any atom is -0.478 e. The molecular weight excluding hydrogens is 316 g/mol. The number of pyridine rings is 1. The number of fused-ring (bicyclic) bond motifs is 3. The molecule has 3 aromatic rings. The van der Waals surface area contributed by atoms with Gasteiger partial charge in [-0.15, -0.1) is 0 Å². The number of carboxylic acid groups (broad SMARTS) is 1. The van der Waals surface area contributed by atoms with Crippen molar-refractivity contribution in [1.82, 2.24) is 4.98 Å². The Morgan fingerprint density at radius 3 is 2.64 bits per heavy atom. The molecule has 0 fully saturated rings. The number of aromatic carboxylic acids is 1. The van der Waals surface area contributed by atoms with Crippen molar-refractivity contribution in [2.24, 2.45) is 0 Å². The van der Waals surface area contributed by atoms with Crippen LogP contribution in [0.2, 0.25) is 0 Å². The molecule has 1 aromatic heterocycles. The Morgan fingerprint density at radius 2 is 1.80 bits per heavy atom. The van der Waals surface area contributed by atoms with Crippen LogP contribution in [0, 0.1) is 0 Å². The van der Waals surface area contributed by atoms with Gasteiger partial charge in [0.2, 0.25) is 0 Å². The first-order chi connectivity index (χ1) is 12.1. The molecule has 0 atom stereocenters. The number of carbonyl (C=O) groups is 2. The summed E-state index contributed by atoms with van der Waals surface area (Å²) in [5, 5.41) is 11.8. The summed E-state index contributed by atoms with van der Waals surface area (Å²) in [6.07, 6.45) is 3.39. The van der Waals surface area contributed by atoms with Gasteiger partial charge < -0.3 is 10.4 Å². The zero-order valence-electron chi connectivity index (χ0n) is 13.2. The van der Waals surface area contributed by atoms with E-state index in [1.165, 1.54) is 24.0 Å². The van der Waals surface area contributed by atoms with Gasteiger partial charge in [-0.25, -0.2) is 4.79 Å². The molecule has 0 bridgehead atoms. The van der Waals surface area contributed by atoms with E-state index in [9.17, 15) is 9.59 Å². The first-order valence-electron chi connectivity index (χ1n) is 7.83. The molecular formula is C20H14N2O3. The van der Waals surface area contributed by atoms with E-state index in [2.05, 4.69) is 22.4 Å². The highest BCUT2D eigenvalue weighted by Crippen LogP contribution is 2.38. The zero-order chi connectivity index (χ0) is 17.4.